The molecule has 2 heterocycles. The van der Waals surface area contributed by atoms with E-state index in [4.69, 9.17) is 12.2 Å². The zero-order chi connectivity index (χ0) is 12.4. The number of aromatic amines is 1. The highest BCUT2D eigenvalue weighted by Crippen LogP contribution is 2.27. The molecule has 92 valence electrons. The third-order valence-electron chi connectivity index (χ3n) is 2.68. The molecule has 0 amide bonds. The van der Waals surface area contributed by atoms with Gasteiger partial charge in [0.05, 0.1) is 6.04 Å². The number of hydrogen-bond donors (Lipinski definition) is 1. The Balaban J connectivity index is 2.51. The Morgan fingerprint density at radius 2 is 2.29 bits per heavy atom. The van der Waals surface area contributed by atoms with E-state index in [1.807, 2.05) is 11.6 Å². The van der Waals surface area contributed by atoms with Crippen molar-refractivity contribution in [2.75, 3.05) is 0 Å². The van der Waals surface area contributed by atoms with Gasteiger partial charge in [0.1, 0.15) is 10.8 Å². The van der Waals surface area contributed by atoms with Crippen molar-refractivity contribution in [1.29, 1.82) is 0 Å². The molecule has 1 unspecified atom stereocenters. The zero-order valence-electron chi connectivity index (χ0n) is 10.2. The number of hydrogen-bond acceptors (Lipinski definition) is 4. The fourth-order valence-corrected chi connectivity index (χ4v) is 2.97. The standard InChI is InChI=1S/C11H16N4S2/c1-4-8(10-12-5-6-17-10)15-9(7(2)3)13-14-11(15)16/h5-8H,4H2,1-3H3,(H,14,16). The first-order valence-corrected chi connectivity index (χ1v) is 7.00. The van der Waals surface area contributed by atoms with Crippen LogP contribution in [0.5, 0.6) is 0 Å². The van der Waals surface area contributed by atoms with Crippen molar-refractivity contribution in [1.82, 2.24) is 19.7 Å². The lowest BCUT2D eigenvalue weighted by Crippen LogP contribution is -2.14. The van der Waals surface area contributed by atoms with Crippen molar-refractivity contribution in [3.05, 3.63) is 27.2 Å². The van der Waals surface area contributed by atoms with E-state index >= 15 is 0 Å². The molecule has 0 spiro atoms. The van der Waals surface area contributed by atoms with Gasteiger partial charge in [0.2, 0.25) is 0 Å². The van der Waals surface area contributed by atoms with Gasteiger partial charge in [-0.3, -0.25) is 9.67 Å². The summed E-state index contributed by atoms with van der Waals surface area (Å²) in [5.74, 6) is 1.34. The summed E-state index contributed by atoms with van der Waals surface area (Å²) in [7, 11) is 0. The third-order valence-corrected chi connectivity index (χ3v) is 3.85. The maximum atomic E-state index is 5.33. The molecule has 1 atom stereocenters. The number of aromatic nitrogens is 4. The number of nitrogens with zero attached hydrogens (tertiary/aromatic N) is 3. The minimum Gasteiger partial charge on any atom is -0.294 e. The first kappa shape index (κ1) is 12.4. The molecule has 2 aromatic rings. The fraction of sp³-hybridized carbons (Fsp3) is 0.545. The average Bonchev–Trinajstić information content (AvgIpc) is 2.91. The Morgan fingerprint density at radius 3 is 2.82 bits per heavy atom. The van der Waals surface area contributed by atoms with Gasteiger partial charge >= 0.3 is 0 Å². The molecule has 0 bridgehead atoms. The lowest BCUT2D eigenvalue weighted by molar-refractivity contribution is 0.519. The molecular weight excluding hydrogens is 252 g/mol. The van der Waals surface area contributed by atoms with E-state index in [2.05, 4.69) is 40.5 Å². The predicted molar refractivity (Wildman–Crippen MR) is 72.0 cm³/mol. The number of thiazole rings is 1. The SMILES string of the molecule is CCC(c1nccs1)n1c(C(C)C)n[nH]c1=S. The van der Waals surface area contributed by atoms with Gasteiger partial charge in [-0.2, -0.15) is 5.10 Å². The largest absolute Gasteiger partial charge is 0.294 e. The van der Waals surface area contributed by atoms with Crippen LogP contribution in [0.15, 0.2) is 11.6 Å². The molecule has 0 aliphatic heterocycles. The zero-order valence-corrected chi connectivity index (χ0v) is 11.8. The molecule has 0 radical (unpaired) electrons. The molecule has 17 heavy (non-hydrogen) atoms. The summed E-state index contributed by atoms with van der Waals surface area (Å²) >= 11 is 6.99. The second-order valence-electron chi connectivity index (χ2n) is 4.21. The van der Waals surface area contributed by atoms with Crippen LogP contribution >= 0.6 is 23.6 Å². The highest BCUT2D eigenvalue weighted by atomic mass is 32.1. The van der Waals surface area contributed by atoms with Crippen molar-refractivity contribution in [3.8, 4) is 0 Å². The maximum absolute atomic E-state index is 5.33. The van der Waals surface area contributed by atoms with Gasteiger partial charge in [-0.15, -0.1) is 11.3 Å². The molecule has 4 nitrogen and oxygen atoms in total. The number of H-pyrrole nitrogens is 1. The Kier molecular flexibility index (Phi) is 3.73. The molecule has 1 N–H and O–H groups in total. The van der Waals surface area contributed by atoms with Gasteiger partial charge in [-0.25, -0.2) is 4.98 Å². The summed E-state index contributed by atoms with van der Waals surface area (Å²) in [6.07, 6.45) is 2.79. The van der Waals surface area contributed by atoms with Gasteiger partial charge in [-0.1, -0.05) is 20.8 Å². The van der Waals surface area contributed by atoms with Crippen LogP contribution in [0.25, 0.3) is 0 Å². The molecular formula is C11H16N4S2. The Morgan fingerprint density at radius 1 is 1.53 bits per heavy atom. The molecule has 0 fully saturated rings. The highest BCUT2D eigenvalue weighted by Gasteiger charge is 2.20. The van der Waals surface area contributed by atoms with Crippen LogP contribution in [-0.4, -0.2) is 19.7 Å². The van der Waals surface area contributed by atoms with Crippen LogP contribution in [-0.2, 0) is 0 Å². The van der Waals surface area contributed by atoms with E-state index in [9.17, 15) is 0 Å². The van der Waals surface area contributed by atoms with E-state index in [0.717, 1.165) is 17.3 Å². The van der Waals surface area contributed by atoms with Crippen molar-refractivity contribution < 1.29 is 0 Å². The average molecular weight is 268 g/mol. The second kappa shape index (κ2) is 5.10. The summed E-state index contributed by atoms with van der Waals surface area (Å²) in [4.78, 5) is 4.39. The molecule has 2 rings (SSSR count). The minimum absolute atomic E-state index is 0.193. The van der Waals surface area contributed by atoms with Gasteiger partial charge in [-0.05, 0) is 18.6 Å². The van der Waals surface area contributed by atoms with E-state index < -0.39 is 0 Å². The summed E-state index contributed by atoms with van der Waals surface area (Å²) in [6.45, 7) is 6.39. The van der Waals surface area contributed by atoms with Crippen LogP contribution in [0.3, 0.4) is 0 Å². The Bertz CT molecular complexity index is 524. The van der Waals surface area contributed by atoms with E-state index in [1.165, 1.54) is 0 Å². The summed E-state index contributed by atoms with van der Waals surface area (Å²) in [6, 6.07) is 0.193. The smallest absolute Gasteiger partial charge is 0.195 e. The van der Waals surface area contributed by atoms with E-state index in [0.29, 0.717) is 10.7 Å². The third kappa shape index (κ3) is 2.32. The summed E-state index contributed by atoms with van der Waals surface area (Å²) in [5.41, 5.74) is 0. The monoisotopic (exact) mass is 268 g/mol. The number of nitrogens with one attached hydrogen (secondary N) is 1. The van der Waals surface area contributed by atoms with Crippen LogP contribution in [0.2, 0.25) is 0 Å². The number of rotatable bonds is 4. The van der Waals surface area contributed by atoms with E-state index in [1.54, 1.807) is 11.3 Å². The van der Waals surface area contributed by atoms with Gasteiger partial charge in [0, 0.05) is 17.5 Å². The van der Waals surface area contributed by atoms with Crippen LogP contribution < -0.4 is 0 Å². The summed E-state index contributed by atoms with van der Waals surface area (Å²) < 4.78 is 2.77. The molecule has 6 heteroatoms. The topological polar surface area (TPSA) is 46.5 Å². The molecule has 0 aromatic carbocycles. The normalized spacial score (nSPS) is 13.2. The Labute approximate surface area is 110 Å². The van der Waals surface area contributed by atoms with Crippen molar-refractivity contribution in [2.24, 2.45) is 0 Å². The van der Waals surface area contributed by atoms with Crippen molar-refractivity contribution in [3.63, 3.8) is 0 Å². The lowest BCUT2D eigenvalue weighted by Gasteiger charge is -2.17. The van der Waals surface area contributed by atoms with Crippen LogP contribution in [0.4, 0.5) is 0 Å². The maximum Gasteiger partial charge on any atom is 0.195 e. The van der Waals surface area contributed by atoms with Gasteiger partial charge in [0.15, 0.2) is 4.77 Å². The first-order chi connectivity index (χ1) is 8.15. The molecule has 0 saturated heterocycles. The highest BCUT2D eigenvalue weighted by molar-refractivity contribution is 7.71. The van der Waals surface area contributed by atoms with E-state index in [-0.39, 0.29) is 6.04 Å². The molecule has 0 aliphatic rings. The lowest BCUT2D eigenvalue weighted by atomic mass is 10.1. The van der Waals surface area contributed by atoms with Crippen LogP contribution in [0, 0.1) is 4.77 Å². The van der Waals surface area contributed by atoms with Gasteiger partial charge in [0.25, 0.3) is 0 Å². The fourth-order valence-electron chi connectivity index (χ4n) is 1.89. The molecule has 0 aliphatic carbocycles. The van der Waals surface area contributed by atoms with Crippen molar-refractivity contribution >= 4 is 23.6 Å². The quantitative estimate of drug-likeness (QED) is 0.863. The minimum atomic E-state index is 0.193. The second-order valence-corrected chi connectivity index (χ2v) is 5.52. The van der Waals surface area contributed by atoms with Crippen LogP contribution in [0.1, 0.15) is 50.0 Å². The summed E-state index contributed by atoms with van der Waals surface area (Å²) in [5, 5.41) is 10.3. The van der Waals surface area contributed by atoms with Gasteiger partial charge < -0.3 is 0 Å². The first-order valence-electron chi connectivity index (χ1n) is 5.71. The molecule has 0 saturated carbocycles. The predicted octanol–water partition coefficient (Wildman–Crippen LogP) is 3.52. The molecule has 2 aromatic heterocycles. The van der Waals surface area contributed by atoms with Crippen molar-refractivity contribution in [2.45, 2.75) is 39.2 Å². The Hall–Kier alpha value is -1.01.